The van der Waals surface area contributed by atoms with Crippen LogP contribution in [0.5, 0.6) is 0 Å². The molecule has 1 aliphatic rings. The van der Waals surface area contributed by atoms with E-state index in [2.05, 4.69) is 10.6 Å². The van der Waals surface area contributed by atoms with Gasteiger partial charge in [0.2, 0.25) is 11.8 Å². The molecular formula is C15H17FN2O3. The fraction of sp³-hybridized carbons (Fsp3) is 0.400. The van der Waals surface area contributed by atoms with E-state index in [1.807, 2.05) is 0 Å². The Labute approximate surface area is 121 Å². The first-order valence-electron chi connectivity index (χ1n) is 6.72. The van der Waals surface area contributed by atoms with Gasteiger partial charge in [-0.25, -0.2) is 4.39 Å². The van der Waals surface area contributed by atoms with E-state index >= 15 is 0 Å². The molecule has 5 nitrogen and oxygen atoms in total. The standard InChI is InChI=1S/C15H17FN2O3/c1-7-10-4-5-12(17-8(2)19)15(21)14(10)13(6-11(7)16)18-9(3)20/h6,12H,4-5H2,1-3H3,(H,17,19)(H,18,20)/t12-/m1/s1. The third-order valence-corrected chi connectivity index (χ3v) is 3.59. The SMILES string of the molecule is CC(=O)Nc1cc(F)c(C)c2c1C(=O)[C@H](NC(C)=O)CC2. The molecule has 0 bridgehead atoms. The number of halogens is 1. The van der Waals surface area contributed by atoms with E-state index < -0.39 is 11.9 Å². The fourth-order valence-electron chi connectivity index (χ4n) is 2.66. The largest absolute Gasteiger partial charge is 0.346 e. The molecule has 2 N–H and O–H groups in total. The number of hydrogen-bond donors (Lipinski definition) is 2. The summed E-state index contributed by atoms with van der Waals surface area (Å²) < 4.78 is 13.9. The van der Waals surface area contributed by atoms with Gasteiger partial charge in [0.15, 0.2) is 5.78 Å². The van der Waals surface area contributed by atoms with E-state index in [-0.39, 0.29) is 23.3 Å². The lowest BCUT2D eigenvalue weighted by Crippen LogP contribution is -2.43. The highest BCUT2D eigenvalue weighted by Crippen LogP contribution is 2.32. The zero-order valence-electron chi connectivity index (χ0n) is 12.2. The van der Waals surface area contributed by atoms with Crippen molar-refractivity contribution in [2.24, 2.45) is 0 Å². The molecule has 0 spiro atoms. The average Bonchev–Trinajstić information content (AvgIpc) is 2.37. The van der Waals surface area contributed by atoms with Gasteiger partial charge >= 0.3 is 0 Å². The van der Waals surface area contributed by atoms with Gasteiger partial charge in [-0.05, 0) is 37.0 Å². The maximum absolute atomic E-state index is 13.9. The Kier molecular flexibility index (Phi) is 4.06. The average molecular weight is 292 g/mol. The molecule has 1 atom stereocenters. The molecular weight excluding hydrogens is 275 g/mol. The molecule has 2 amide bonds. The van der Waals surface area contributed by atoms with E-state index in [1.165, 1.54) is 13.8 Å². The topological polar surface area (TPSA) is 75.3 Å². The summed E-state index contributed by atoms with van der Waals surface area (Å²) in [7, 11) is 0. The molecule has 1 aliphatic carbocycles. The highest BCUT2D eigenvalue weighted by atomic mass is 19.1. The van der Waals surface area contributed by atoms with E-state index in [0.717, 1.165) is 6.07 Å². The van der Waals surface area contributed by atoms with E-state index in [4.69, 9.17) is 0 Å². The lowest BCUT2D eigenvalue weighted by molar-refractivity contribution is -0.119. The molecule has 0 saturated heterocycles. The van der Waals surface area contributed by atoms with Crippen molar-refractivity contribution in [1.82, 2.24) is 5.32 Å². The van der Waals surface area contributed by atoms with Crippen LogP contribution in [0.4, 0.5) is 10.1 Å². The predicted molar refractivity (Wildman–Crippen MR) is 75.7 cm³/mol. The zero-order valence-corrected chi connectivity index (χ0v) is 12.2. The maximum Gasteiger partial charge on any atom is 0.221 e. The molecule has 0 radical (unpaired) electrons. The summed E-state index contributed by atoms with van der Waals surface area (Å²) in [5.74, 6) is -1.42. The molecule has 0 heterocycles. The summed E-state index contributed by atoms with van der Waals surface area (Å²) in [5, 5.41) is 5.08. The first-order valence-corrected chi connectivity index (χ1v) is 6.72. The Balaban J connectivity index is 2.53. The van der Waals surface area contributed by atoms with Crippen molar-refractivity contribution in [3.63, 3.8) is 0 Å². The van der Waals surface area contributed by atoms with Crippen molar-refractivity contribution in [2.75, 3.05) is 5.32 Å². The van der Waals surface area contributed by atoms with Crippen molar-refractivity contribution in [3.8, 4) is 0 Å². The zero-order chi connectivity index (χ0) is 15.7. The third-order valence-electron chi connectivity index (χ3n) is 3.59. The molecule has 112 valence electrons. The normalized spacial score (nSPS) is 17.1. The number of carbonyl (C=O) groups is 3. The summed E-state index contributed by atoms with van der Waals surface area (Å²) in [4.78, 5) is 34.9. The molecule has 0 aromatic heterocycles. The number of nitrogens with one attached hydrogen (secondary N) is 2. The fourth-order valence-corrected chi connectivity index (χ4v) is 2.66. The molecule has 6 heteroatoms. The van der Waals surface area contributed by atoms with E-state index in [0.29, 0.717) is 29.5 Å². The van der Waals surface area contributed by atoms with Crippen LogP contribution in [0.3, 0.4) is 0 Å². The van der Waals surface area contributed by atoms with Crippen LogP contribution in [0.2, 0.25) is 0 Å². The van der Waals surface area contributed by atoms with Crippen molar-refractivity contribution >= 4 is 23.3 Å². The number of rotatable bonds is 2. The van der Waals surface area contributed by atoms with Crippen molar-refractivity contribution in [2.45, 2.75) is 39.7 Å². The van der Waals surface area contributed by atoms with Gasteiger partial charge in [0.25, 0.3) is 0 Å². The second-order valence-corrected chi connectivity index (χ2v) is 5.22. The lowest BCUT2D eigenvalue weighted by atomic mass is 9.83. The molecule has 1 aromatic carbocycles. The van der Waals surface area contributed by atoms with E-state index in [9.17, 15) is 18.8 Å². The number of fused-ring (bicyclic) bond motifs is 1. The van der Waals surface area contributed by atoms with Gasteiger partial charge in [-0.15, -0.1) is 0 Å². The van der Waals surface area contributed by atoms with Crippen molar-refractivity contribution in [1.29, 1.82) is 0 Å². The summed E-state index contributed by atoms with van der Waals surface area (Å²) in [6.07, 6.45) is 0.900. The summed E-state index contributed by atoms with van der Waals surface area (Å²) in [5.41, 5.74) is 1.48. The Morgan fingerprint density at radius 1 is 1.29 bits per heavy atom. The first kappa shape index (κ1) is 15.2. The second kappa shape index (κ2) is 5.63. The molecule has 2 rings (SSSR count). The van der Waals surface area contributed by atoms with Crippen molar-refractivity contribution < 1.29 is 18.8 Å². The predicted octanol–water partition coefficient (Wildman–Crippen LogP) is 1.73. The molecule has 0 aliphatic heterocycles. The van der Waals surface area contributed by atoms with Gasteiger partial charge in [0, 0.05) is 19.4 Å². The second-order valence-electron chi connectivity index (χ2n) is 5.22. The van der Waals surface area contributed by atoms with Crippen LogP contribution in [0.25, 0.3) is 0 Å². The number of carbonyl (C=O) groups excluding carboxylic acids is 3. The van der Waals surface area contributed by atoms with Gasteiger partial charge < -0.3 is 10.6 Å². The minimum absolute atomic E-state index is 0.167. The smallest absolute Gasteiger partial charge is 0.221 e. The van der Waals surface area contributed by atoms with Gasteiger partial charge in [-0.1, -0.05) is 0 Å². The Morgan fingerprint density at radius 3 is 2.52 bits per heavy atom. The number of hydrogen-bond acceptors (Lipinski definition) is 3. The van der Waals surface area contributed by atoms with Crippen LogP contribution in [0.1, 0.15) is 41.8 Å². The molecule has 21 heavy (non-hydrogen) atoms. The molecule has 0 fully saturated rings. The third kappa shape index (κ3) is 2.94. The van der Waals surface area contributed by atoms with Gasteiger partial charge in [0.05, 0.1) is 11.7 Å². The van der Waals surface area contributed by atoms with Gasteiger partial charge in [-0.3, -0.25) is 14.4 Å². The summed E-state index contributed by atoms with van der Waals surface area (Å²) >= 11 is 0. The minimum Gasteiger partial charge on any atom is -0.346 e. The number of Topliss-reactive ketones (excluding diaryl/α,β-unsaturated/α-hetero) is 1. The Hall–Kier alpha value is -2.24. The Bertz CT molecular complexity index is 640. The Morgan fingerprint density at radius 2 is 1.95 bits per heavy atom. The van der Waals surface area contributed by atoms with Crippen LogP contribution in [-0.2, 0) is 16.0 Å². The number of benzene rings is 1. The minimum atomic E-state index is -0.632. The van der Waals surface area contributed by atoms with Gasteiger partial charge in [-0.2, -0.15) is 0 Å². The maximum atomic E-state index is 13.9. The number of anilines is 1. The monoisotopic (exact) mass is 292 g/mol. The first-order chi connectivity index (χ1) is 9.81. The van der Waals surface area contributed by atoms with Crippen molar-refractivity contribution in [3.05, 3.63) is 28.6 Å². The highest BCUT2D eigenvalue weighted by molar-refractivity contribution is 6.10. The molecule has 1 aromatic rings. The van der Waals surface area contributed by atoms with Gasteiger partial charge in [0.1, 0.15) is 5.82 Å². The molecule has 0 unspecified atom stereocenters. The van der Waals surface area contributed by atoms with Crippen LogP contribution in [0.15, 0.2) is 6.07 Å². The van der Waals surface area contributed by atoms with E-state index in [1.54, 1.807) is 6.92 Å². The van der Waals surface area contributed by atoms with Crippen LogP contribution < -0.4 is 10.6 Å². The quantitative estimate of drug-likeness (QED) is 0.871. The van der Waals surface area contributed by atoms with Crippen LogP contribution in [-0.4, -0.2) is 23.6 Å². The number of ketones is 1. The lowest BCUT2D eigenvalue weighted by Gasteiger charge is -2.27. The highest BCUT2D eigenvalue weighted by Gasteiger charge is 2.32. The number of amides is 2. The van der Waals surface area contributed by atoms with Crippen LogP contribution >= 0.6 is 0 Å². The molecule has 0 saturated carbocycles. The van der Waals surface area contributed by atoms with Crippen LogP contribution in [0, 0.1) is 12.7 Å². The summed E-state index contributed by atoms with van der Waals surface area (Å²) in [6.45, 7) is 4.24. The summed E-state index contributed by atoms with van der Waals surface area (Å²) in [6, 6.07) is 0.524.